The summed E-state index contributed by atoms with van der Waals surface area (Å²) in [6.07, 6.45) is 1.67. The normalized spacial score (nSPS) is 11.5. The van der Waals surface area contributed by atoms with Gasteiger partial charge < -0.3 is 0 Å². The van der Waals surface area contributed by atoms with E-state index in [2.05, 4.69) is 15.5 Å². The highest BCUT2D eigenvalue weighted by molar-refractivity contribution is 6.30. The number of benzene rings is 2. The topological polar surface area (TPSA) is 86.2 Å². The highest BCUT2D eigenvalue weighted by Gasteiger charge is 2.19. The maximum atomic E-state index is 12.9. The van der Waals surface area contributed by atoms with Gasteiger partial charge in [0.15, 0.2) is 11.2 Å². The molecule has 0 spiro atoms. The number of nitrogens with zero attached hydrogens (tertiary/aromatic N) is 5. The van der Waals surface area contributed by atoms with Gasteiger partial charge >= 0.3 is 5.69 Å². The third kappa shape index (κ3) is 4.02. The zero-order valence-corrected chi connectivity index (χ0v) is 18.1. The molecule has 0 saturated carbocycles. The number of fused-ring (bicyclic) bond motifs is 1. The Morgan fingerprint density at radius 3 is 2.39 bits per heavy atom. The van der Waals surface area contributed by atoms with Crippen molar-refractivity contribution in [2.24, 2.45) is 19.2 Å². The fraction of sp³-hybridized carbons (Fsp3) is 0.182. The van der Waals surface area contributed by atoms with Crippen molar-refractivity contribution in [3.05, 3.63) is 91.1 Å². The first-order chi connectivity index (χ1) is 14.8. The Morgan fingerprint density at radius 2 is 1.71 bits per heavy atom. The molecule has 158 valence electrons. The summed E-state index contributed by atoms with van der Waals surface area (Å²) in [5.74, 6) is 0.353. The quantitative estimate of drug-likeness (QED) is 0.385. The van der Waals surface area contributed by atoms with Gasteiger partial charge in [-0.1, -0.05) is 53.6 Å². The average molecular weight is 437 g/mol. The van der Waals surface area contributed by atoms with Crippen molar-refractivity contribution in [1.82, 2.24) is 18.7 Å². The zero-order chi connectivity index (χ0) is 22.1. The first-order valence-electron chi connectivity index (χ1n) is 9.61. The van der Waals surface area contributed by atoms with Gasteiger partial charge in [-0.2, -0.15) is 10.1 Å². The van der Waals surface area contributed by atoms with E-state index in [1.165, 1.54) is 11.6 Å². The molecular formula is C22H21ClN6O2. The van der Waals surface area contributed by atoms with Gasteiger partial charge in [-0.3, -0.25) is 18.5 Å². The third-order valence-corrected chi connectivity index (χ3v) is 5.31. The van der Waals surface area contributed by atoms with Crippen LogP contribution in [0.25, 0.3) is 11.2 Å². The van der Waals surface area contributed by atoms with Crippen LogP contribution in [0.1, 0.15) is 16.7 Å². The molecule has 2 aromatic carbocycles. The molecule has 31 heavy (non-hydrogen) atoms. The number of anilines is 1. The summed E-state index contributed by atoms with van der Waals surface area (Å²) >= 11 is 6.00. The van der Waals surface area contributed by atoms with Crippen molar-refractivity contribution >= 4 is 34.9 Å². The minimum atomic E-state index is -0.441. The Hall–Kier alpha value is -3.65. The van der Waals surface area contributed by atoms with Crippen LogP contribution in [-0.4, -0.2) is 24.9 Å². The van der Waals surface area contributed by atoms with Gasteiger partial charge in [-0.25, -0.2) is 10.2 Å². The van der Waals surface area contributed by atoms with Gasteiger partial charge in [0.1, 0.15) is 0 Å². The molecule has 2 heterocycles. The molecule has 2 aromatic heterocycles. The van der Waals surface area contributed by atoms with Crippen LogP contribution in [0.2, 0.25) is 5.02 Å². The van der Waals surface area contributed by atoms with Crippen LogP contribution in [-0.2, 0) is 20.6 Å². The van der Waals surface area contributed by atoms with E-state index < -0.39 is 11.2 Å². The number of hydrogen-bond donors (Lipinski definition) is 1. The van der Waals surface area contributed by atoms with Gasteiger partial charge in [0.25, 0.3) is 5.56 Å². The van der Waals surface area contributed by atoms with E-state index in [-0.39, 0.29) is 5.65 Å². The van der Waals surface area contributed by atoms with Gasteiger partial charge in [0.05, 0.1) is 12.8 Å². The number of rotatable bonds is 5. The van der Waals surface area contributed by atoms with Gasteiger partial charge in [-0.05, 0) is 30.2 Å². The maximum Gasteiger partial charge on any atom is 0.332 e. The van der Waals surface area contributed by atoms with E-state index in [0.717, 1.165) is 21.3 Å². The van der Waals surface area contributed by atoms with E-state index in [0.29, 0.717) is 23.0 Å². The standard InChI is InChI=1S/C22H21ClN6O2/c1-14-4-6-15(7-5-14)12-24-26-21-25-19-18(20(30)28(3)22(31)27(19)2)29(21)13-16-8-10-17(23)11-9-16/h4-12H,13H2,1-3H3,(H,25,26)/b24-12-. The molecule has 1 N–H and O–H groups in total. The Morgan fingerprint density at radius 1 is 1.03 bits per heavy atom. The van der Waals surface area contributed by atoms with Crippen molar-refractivity contribution < 1.29 is 0 Å². The SMILES string of the molecule is Cc1ccc(/C=N\Nc2nc3c(c(=O)n(C)c(=O)n3C)n2Cc2ccc(Cl)cc2)cc1. The Kier molecular flexibility index (Phi) is 5.48. The summed E-state index contributed by atoms with van der Waals surface area (Å²) in [5.41, 5.74) is 5.66. The van der Waals surface area contributed by atoms with E-state index >= 15 is 0 Å². The van der Waals surface area contributed by atoms with E-state index in [4.69, 9.17) is 11.6 Å². The summed E-state index contributed by atoms with van der Waals surface area (Å²) < 4.78 is 4.14. The van der Waals surface area contributed by atoms with Crippen molar-refractivity contribution in [3.8, 4) is 0 Å². The molecule has 0 aliphatic heterocycles. The Balaban J connectivity index is 1.80. The number of nitrogens with one attached hydrogen (secondary N) is 1. The second-order valence-electron chi connectivity index (χ2n) is 7.31. The molecule has 0 aliphatic rings. The largest absolute Gasteiger partial charge is 0.332 e. The van der Waals surface area contributed by atoms with Gasteiger partial charge in [0.2, 0.25) is 5.95 Å². The smallest absolute Gasteiger partial charge is 0.298 e. The lowest BCUT2D eigenvalue weighted by atomic mass is 10.2. The van der Waals surface area contributed by atoms with Crippen LogP contribution in [0.5, 0.6) is 0 Å². The lowest BCUT2D eigenvalue weighted by Crippen LogP contribution is -2.37. The van der Waals surface area contributed by atoms with Crippen LogP contribution < -0.4 is 16.7 Å². The molecular weight excluding hydrogens is 416 g/mol. The predicted molar refractivity (Wildman–Crippen MR) is 123 cm³/mol. The van der Waals surface area contributed by atoms with Crippen LogP contribution in [0.15, 0.2) is 63.2 Å². The molecule has 0 atom stereocenters. The highest BCUT2D eigenvalue weighted by atomic mass is 35.5. The minimum absolute atomic E-state index is 0.287. The molecule has 0 fully saturated rings. The number of imidazole rings is 1. The fourth-order valence-corrected chi connectivity index (χ4v) is 3.40. The number of halogens is 1. The second-order valence-corrected chi connectivity index (χ2v) is 7.74. The van der Waals surface area contributed by atoms with E-state index in [1.807, 2.05) is 43.3 Å². The van der Waals surface area contributed by atoms with Crippen molar-refractivity contribution in [2.75, 3.05) is 5.43 Å². The summed E-state index contributed by atoms with van der Waals surface area (Å²) in [5, 5.41) is 4.91. The van der Waals surface area contributed by atoms with Crippen LogP contribution in [0.3, 0.4) is 0 Å². The Bertz CT molecular complexity index is 1400. The Labute approximate surface area is 183 Å². The summed E-state index contributed by atoms with van der Waals surface area (Å²) in [6, 6.07) is 15.2. The van der Waals surface area contributed by atoms with Crippen LogP contribution >= 0.6 is 11.6 Å². The maximum absolute atomic E-state index is 12.9. The molecule has 4 rings (SSSR count). The predicted octanol–water partition coefficient (Wildman–Crippen LogP) is 2.89. The molecule has 4 aromatic rings. The molecule has 8 nitrogen and oxygen atoms in total. The van der Waals surface area contributed by atoms with Gasteiger partial charge in [-0.15, -0.1) is 0 Å². The summed E-state index contributed by atoms with van der Waals surface area (Å²) in [7, 11) is 3.04. The first-order valence-corrected chi connectivity index (χ1v) is 9.99. The lowest BCUT2D eigenvalue weighted by Gasteiger charge is -2.09. The fourth-order valence-electron chi connectivity index (χ4n) is 3.28. The highest BCUT2D eigenvalue weighted by Crippen LogP contribution is 2.19. The first kappa shape index (κ1) is 20.6. The van der Waals surface area contributed by atoms with Crippen LogP contribution in [0, 0.1) is 6.92 Å². The monoisotopic (exact) mass is 436 g/mol. The van der Waals surface area contributed by atoms with Crippen molar-refractivity contribution in [3.63, 3.8) is 0 Å². The number of aromatic nitrogens is 4. The number of hydrazone groups is 1. The molecule has 0 amide bonds. The molecule has 0 radical (unpaired) electrons. The zero-order valence-electron chi connectivity index (χ0n) is 17.3. The molecule has 0 bridgehead atoms. The summed E-state index contributed by atoms with van der Waals surface area (Å²) in [6.45, 7) is 2.37. The lowest BCUT2D eigenvalue weighted by molar-refractivity contribution is 0.702. The van der Waals surface area contributed by atoms with Gasteiger partial charge in [0, 0.05) is 19.1 Å². The number of aryl methyl sites for hydroxylation is 2. The van der Waals surface area contributed by atoms with Crippen LogP contribution in [0.4, 0.5) is 5.95 Å². The molecule has 0 aliphatic carbocycles. The number of hydrogen-bond acceptors (Lipinski definition) is 5. The van der Waals surface area contributed by atoms with E-state index in [9.17, 15) is 9.59 Å². The van der Waals surface area contributed by atoms with Crippen molar-refractivity contribution in [2.45, 2.75) is 13.5 Å². The van der Waals surface area contributed by atoms with Crippen molar-refractivity contribution in [1.29, 1.82) is 0 Å². The minimum Gasteiger partial charge on any atom is -0.298 e. The third-order valence-electron chi connectivity index (χ3n) is 5.06. The molecule has 9 heteroatoms. The average Bonchev–Trinajstić information content (AvgIpc) is 3.12. The molecule has 0 saturated heterocycles. The molecule has 0 unspecified atom stereocenters. The second kappa shape index (κ2) is 8.23. The summed E-state index contributed by atoms with van der Waals surface area (Å²) in [4.78, 5) is 29.8. The van der Waals surface area contributed by atoms with E-state index in [1.54, 1.807) is 30.0 Å².